The molecule has 0 radical (unpaired) electrons. The number of hydrogen-bond donors (Lipinski definition) is 0. The topological polar surface area (TPSA) is 45.5 Å². The van der Waals surface area contributed by atoms with Crippen LogP contribution < -0.4 is 5.46 Å². The van der Waals surface area contributed by atoms with Gasteiger partial charge >= 0.3 is 7.12 Å². The molecule has 0 aromatic carbocycles. The molecule has 0 aliphatic carbocycles. The maximum Gasteiger partial charge on any atom is 0.498 e. The van der Waals surface area contributed by atoms with Gasteiger partial charge in [-0.3, -0.25) is 4.68 Å². The lowest BCUT2D eigenvalue weighted by atomic mass is 9.82. The summed E-state index contributed by atoms with van der Waals surface area (Å²) in [4.78, 5) is 0. The average Bonchev–Trinajstić information content (AvgIpc) is 3.02. The third-order valence-corrected chi connectivity index (χ3v) is 5.54. The lowest BCUT2D eigenvalue weighted by molar-refractivity contribution is -0.0612. The van der Waals surface area contributed by atoms with E-state index < -0.39 is 0 Å². The van der Waals surface area contributed by atoms with Gasteiger partial charge in [-0.2, -0.15) is 5.10 Å². The van der Waals surface area contributed by atoms with Crippen molar-refractivity contribution < 1.29 is 14.0 Å². The monoisotopic (exact) mass is 320 g/mol. The molecule has 0 N–H and O–H groups in total. The van der Waals surface area contributed by atoms with Gasteiger partial charge in [0, 0.05) is 17.9 Å². The van der Waals surface area contributed by atoms with E-state index in [2.05, 4.69) is 57.5 Å². The number of ether oxygens (including phenoxy) is 1. The maximum atomic E-state index is 6.11. The zero-order valence-electron chi connectivity index (χ0n) is 15.2. The highest BCUT2D eigenvalue weighted by molar-refractivity contribution is 6.61. The minimum absolute atomic E-state index is 0.281. The standard InChI is InChI=1S/C17H29BN2O3/c1-7-15-9-14(8-12(2)21-15)20-11-13(10-19-20)18-22-16(3,4)17(5,6)23-18/h10-12,14-15H,7-9H2,1-6H3. The second-order valence-corrected chi connectivity index (χ2v) is 7.94. The van der Waals surface area contributed by atoms with Gasteiger partial charge in [-0.25, -0.2) is 0 Å². The molecule has 3 heterocycles. The number of nitrogens with zero attached hydrogens (tertiary/aromatic N) is 2. The molecular formula is C17H29BN2O3. The van der Waals surface area contributed by atoms with E-state index >= 15 is 0 Å². The van der Waals surface area contributed by atoms with Crippen LogP contribution in [0.25, 0.3) is 0 Å². The highest BCUT2D eigenvalue weighted by Crippen LogP contribution is 2.36. The van der Waals surface area contributed by atoms with E-state index in [9.17, 15) is 0 Å². The van der Waals surface area contributed by atoms with Crippen molar-refractivity contribution in [1.82, 2.24) is 9.78 Å². The first kappa shape index (κ1) is 17.0. The summed E-state index contributed by atoms with van der Waals surface area (Å²) in [5.41, 5.74) is 0.358. The summed E-state index contributed by atoms with van der Waals surface area (Å²) in [6.07, 6.45) is 7.63. The van der Waals surface area contributed by atoms with Gasteiger partial charge in [0.2, 0.25) is 0 Å². The third kappa shape index (κ3) is 3.21. The molecule has 2 saturated heterocycles. The fourth-order valence-corrected chi connectivity index (χ4v) is 3.35. The van der Waals surface area contributed by atoms with E-state index in [0.717, 1.165) is 24.7 Å². The van der Waals surface area contributed by atoms with Crippen LogP contribution in [0.4, 0.5) is 0 Å². The molecule has 0 bridgehead atoms. The van der Waals surface area contributed by atoms with Crippen molar-refractivity contribution in [3.8, 4) is 0 Å². The second-order valence-electron chi connectivity index (χ2n) is 7.94. The predicted octanol–water partition coefficient (Wildman–Crippen LogP) is 2.70. The molecule has 1 aromatic rings. The van der Waals surface area contributed by atoms with Gasteiger partial charge in [0.25, 0.3) is 0 Å². The Kier molecular flexibility index (Phi) is 4.36. The van der Waals surface area contributed by atoms with Gasteiger partial charge in [0.05, 0.1) is 29.5 Å². The molecule has 0 amide bonds. The van der Waals surface area contributed by atoms with Crippen LogP contribution in [0.3, 0.4) is 0 Å². The number of aromatic nitrogens is 2. The molecule has 5 nitrogen and oxygen atoms in total. The van der Waals surface area contributed by atoms with Gasteiger partial charge in [-0.05, 0) is 53.9 Å². The van der Waals surface area contributed by atoms with Crippen LogP contribution in [0.15, 0.2) is 12.4 Å². The molecule has 1 aromatic heterocycles. The summed E-state index contributed by atoms with van der Waals surface area (Å²) in [7, 11) is -0.340. The predicted molar refractivity (Wildman–Crippen MR) is 90.8 cm³/mol. The molecule has 2 aliphatic heterocycles. The minimum Gasteiger partial charge on any atom is -0.399 e. The van der Waals surface area contributed by atoms with Crippen LogP contribution in [0.2, 0.25) is 0 Å². The summed E-state index contributed by atoms with van der Waals surface area (Å²) in [6, 6.07) is 0.389. The minimum atomic E-state index is -0.340. The molecule has 128 valence electrons. The van der Waals surface area contributed by atoms with Crippen molar-refractivity contribution in [2.75, 3.05) is 0 Å². The van der Waals surface area contributed by atoms with Gasteiger partial charge in [0.1, 0.15) is 0 Å². The van der Waals surface area contributed by atoms with Gasteiger partial charge in [0.15, 0.2) is 0 Å². The quantitative estimate of drug-likeness (QED) is 0.804. The highest BCUT2D eigenvalue weighted by Gasteiger charge is 2.52. The Hall–Kier alpha value is -0.845. The van der Waals surface area contributed by atoms with E-state index in [-0.39, 0.29) is 24.4 Å². The lowest BCUT2D eigenvalue weighted by Gasteiger charge is -2.33. The van der Waals surface area contributed by atoms with Crippen LogP contribution in [0.5, 0.6) is 0 Å². The fraction of sp³-hybridized carbons (Fsp3) is 0.824. The van der Waals surface area contributed by atoms with Crippen molar-refractivity contribution in [3.05, 3.63) is 12.4 Å². The van der Waals surface area contributed by atoms with Crippen LogP contribution in [-0.4, -0.2) is 40.3 Å². The van der Waals surface area contributed by atoms with E-state index in [1.807, 2.05) is 6.20 Å². The smallest absolute Gasteiger partial charge is 0.399 e. The second kappa shape index (κ2) is 5.90. The Balaban J connectivity index is 1.74. The maximum absolute atomic E-state index is 6.11. The summed E-state index contributed by atoms with van der Waals surface area (Å²) < 4.78 is 20.3. The first-order valence-electron chi connectivity index (χ1n) is 8.77. The normalized spacial score (nSPS) is 33.1. The Morgan fingerprint density at radius 1 is 1.22 bits per heavy atom. The SMILES string of the molecule is CCC1CC(n2cc(B3OC(C)(C)C(C)(C)O3)cn2)CC(C)O1. The molecule has 2 fully saturated rings. The lowest BCUT2D eigenvalue weighted by Crippen LogP contribution is -2.41. The van der Waals surface area contributed by atoms with Crippen molar-refractivity contribution in [3.63, 3.8) is 0 Å². The van der Waals surface area contributed by atoms with E-state index in [0.29, 0.717) is 12.1 Å². The van der Waals surface area contributed by atoms with E-state index in [4.69, 9.17) is 14.0 Å². The molecular weight excluding hydrogens is 291 g/mol. The van der Waals surface area contributed by atoms with Crippen molar-refractivity contribution in [2.45, 2.75) is 90.3 Å². The first-order valence-corrected chi connectivity index (χ1v) is 8.77. The number of hydrogen-bond acceptors (Lipinski definition) is 4. The van der Waals surface area contributed by atoms with Crippen LogP contribution in [-0.2, 0) is 14.0 Å². The Morgan fingerprint density at radius 2 is 1.87 bits per heavy atom. The zero-order chi connectivity index (χ0) is 16.8. The van der Waals surface area contributed by atoms with Crippen molar-refractivity contribution in [2.24, 2.45) is 0 Å². The van der Waals surface area contributed by atoms with Gasteiger partial charge < -0.3 is 14.0 Å². The third-order valence-electron chi connectivity index (χ3n) is 5.54. The number of rotatable bonds is 3. The van der Waals surface area contributed by atoms with Crippen LogP contribution in [0, 0.1) is 0 Å². The zero-order valence-corrected chi connectivity index (χ0v) is 15.2. The summed E-state index contributed by atoms with van der Waals surface area (Å²) in [5.74, 6) is 0. The van der Waals surface area contributed by atoms with Crippen LogP contribution in [0.1, 0.15) is 66.8 Å². The Labute approximate surface area is 139 Å². The molecule has 3 rings (SSSR count). The largest absolute Gasteiger partial charge is 0.498 e. The highest BCUT2D eigenvalue weighted by atomic mass is 16.7. The molecule has 3 atom stereocenters. The molecule has 2 aliphatic rings. The van der Waals surface area contributed by atoms with Gasteiger partial charge in [-0.15, -0.1) is 0 Å². The molecule has 3 unspecified atom stereocenters. The van der Waals surface area contributed by atoms with E-state index in [1.54, 1.807) is 0 Å². The van der Waals surface area contributed by atoms with Crippen molar-refractivity contribution in [1.29, 1.82) is 0 Å². The first-order chi connectivity index (χ1) is 10.7. The molecule has 0 saturated carbocycles. The Bertz CT molecular complexity index is 542. The molecule has 0 spiro atoms. The molecule has 23 heavy (non-hydrogen) atoms. The van der Waals surface area contributed by atoms with Crippen molar-refractivity contribution >= 4 is 12.6 Å². The summed E-state index contributed by atoms with van der Waals surface area (Å²) in [6.45, 7) is 12.6. The van der Waals surface area contributed by atoms with Gasteiger partial charge in [-0.1, -0.05) is 6.92 Å². The molecule has 6 heteroatoms. The average molecular weight is 320 g/mol. The summed E-state index contributed by atoms with van der Waals surface area (Å²) >= 11 is 0. The fourth-order valence-electron chi connectivity index (χ4n) is 3.35. The van der Waals surface area contributed by atoms with Crippen LogP contribution >= 0.6 is 0 Å². The summed E-state index contributed by atoms with van der Waals surface area (Å²) in [5, 5.41) is 4.58. The van der Waals surface area contributed by atoms with E-state index in [1.165, 1.54) is 0 Å². The Morgan fingerprint density at radius 3 is 2.48 bits per heavy atom.